The van der Waals surface area contributed by atoms with Gasteiger partial charge in [-0.2, -0.15) is 0 Å². The van der Waals surface area contributed by atoms with E-state index in [1.54, 1.807) is 5.51 Å². The molecule has 17 heavy (non-hydrogen) atoms. The van der Waals surface area contributed by atoms with E-state index in [-0.39, 0.29) is 0 Å². The molecule has 3 heteroatoms. The number of hydrogen-bond acceptors (Lipinski definition) is 3. The van der Waals surface area contributed by atoms with E-state index in [4.69, 9.17) is 0 Å². The molecular weight excluding hydrogens is 230 g/mol. The summed E-state index contributed by atoms with van der Waals surface area (Å²) in [6.07, 6.45) is 1.28. The van der Waals surface area contributed by atoms with Crippen LogP contribution in [0.5, 0.6) is 0 Å². The summed E-state index contributed by atoms with van der Waals surface area (Å²) in [5, 5.41) is 10.1. The van der Waals surface area contributed by atoms with Crippen molar-refractivity contribution in [3.8, 4) is 0 Å². The smallest absolute Gasteiger partial charge is 0.0940 e. The van der Waals surface area contributed by atoms with E-state index >= 15 is 0 Å². The van der Waals surface area contributed by atoms with Gasteiger partial charge in [0.2, 0.25) is 0 Å². The zero-order valence-corrected chi connectivity index (χ0v) is 11.0. The Bertz CT molecular complexity index is 475. The topological polar surface area (TPSA) is 33.1 Å². The lowest BCUT2D eigenvalue weighted by atomic mass is 10.0. The molecule has 1 unspecified atom stereocenters. The van der Waals surface area contributed by atoms with E-state index in [0.29, 0.717) is 6.42 Å². The number of aryl methyl sites for hydroxylation is 2. The summed E-state index contributed by atoms with van der Waals surface area (Å²) >= 11 is 1.52. The van der Waals surface area contributed by atoms with Crippen LogP contribution in [0.2, 0.25) is 0 Å². The lowest BCUT2D eigenvalue weighted by Crippen LogP contribution is -2.01. The largest absolute Gasteiger partial charge is 0.387 e. The second-order valence-corrected chi connectivity index (χ2v) is 5.08. The van der Waals surface area contributed by atoms with E-state index in [2.05, 4.69) is 36.2 Å². The molecule has 0 spiro atoms. The van der Waals surface area contributed by atoms with Gasteiger partial charge in [-0.05, 0) is 24.5 Å². The summed E-state index contributed by atoms with van der Waals surface area (Å²) in [7, 11) is 0. The SMILES string of the molecule is CCc1ccc(CC(O)c2scnc2C)cc1. The predicted molar refractivity (Wildman–Crippen MR) is 71.3 cm³/mol. The van der Waals surface area contributed by atoms with Gasteiger partial charge in [0.1, 0.15) is 0 Å². The number of benzene rings is 1. The summed E-state index contributed by atoms with van der Waals surface area (Å²) < 4.78 is 0. The number of hydrogen-bond donors (Lipinski definition) is 1. The Morgan fingerprint density at radius 2 is 1.88 bits per heavy atom. The summed E-state index contributed by atoms with van der Waals surface area (Å²) in [4.78, 5) is 5.14. The second kappa shape index (κ2) is 5.43. The molecule has 2 nitrogen and oxygen atoms in total. The van der Waals surface area contributed by atoms with E-state index in [0.717, 1.165) is 17.0 Å². The molecule has 0 amide bonds. The molecule has 1 aromatic heterocycles. The number of aromatic nitrogens is 1. The molecule has 0 fully saturated rings. The van der Waals surface area contributed by atoms with Crippen molar-refractivity contribution in [3.63, 3.8) is 0 Å². The maximum absolute atomic E-state index is 10.1. The molecular formula is C14H17NOS. The van der Waals surface area contributed by atoms with Crippen LogP contribution in [0.4, 0.5) is 0 Å². The molecule has 1 atom stereocenters. The quantitative estimate of drug-likeness (QED) is 0.899. The fourth-order valence-corrected chi connectivity index (χ4v) is 2.65. The first kappa shape index (κ1) is 12.3. The number of rotatable bonds is 4. The first-order valence-corrected chi connectivity index (χ1v) is 6.74. The number of aliphatic hydroxyl groups excluding tert-OH is 1. The Kier molecular flexibility index (Phi) is 3.92. The van der Waals surface area contributed by atoms with Crippen molar-refractivity contribution in [1.29, 1.82) is 0 Å². The maximum Gasteiger partial charge on any atom is 0.0940 e. The van der Waals surface area contributed by atoms with Crippen LogP contribution < -0.4 is 0 Å². The molecule has 1 N–H and O–H groups in total. The number of thiazole rings is 1. The highest BCUT2D eigenvalue weighted by molar-refractivity contribution is 7.09. The van der Waals surface area contributed by atoms with Gasteiger partial charge in [0.25, 0.3) is 0 Å². The Labute approximate surface area is 106 Å². The van der Waals surface area contributed by atoms with E-state index in [1.807, 2.05) is 6.92 Å². The van der Waals surface area contributed by atoms with Crippen molar-refractivity contribution < 1.29 is 5.11 Å². The van der Waals surface area contributed by atoms with Crippen molar-refractivity contribution in [3.05, 3.63) is 51.5 Å². The minimum atomic E-state index is -0.435. The highest BCUT2D eigenvalue weighted by Crippen LogP contribution is 2.24. The van der Waals surface area contributed by atoms with Crippen molar-refractivity contribution >= 4 is 11.3 Å². The van der Waals surface area contributed by atoms with Crippen LogP contribution >= 0.6 is 11.3 Å². The van der Waals surface area contributed by atoms with Crippen LogP contribution in [0, 0.1) is 6.92 Å². The molecule has 0 radical (unpaired) electrons. The molecule has 2 aromatic rings. The van der Waals surface area contributed by atoms with Gasteiger partial charge in [0.05, 0.1) is 22.2 Å². The Morgan fingerprint density at radius 3 is 2.41 bits per heavy atom. The normalized spacial score (nSPS) is 12.6. The van der Waals surface area contributed by atoms with Gasteiger partial charge < -0.3 is 5.11 Å². The van der Waals surface area contributed by atoms with Gasteiger partial charge in [-0.15, -0.1) is 11.3 Å². The third kappa shape index (κ3) is 2.93. The zero-order valence-electron chi connectivity index (χ0n) is 10.2. The fourth-order valence-electron chi connectivity index (χ4n) is 1.86. The standard InChI is InChI=1S/C14H17NOS/c1-3-11-4-6-12(7-5-11)8-13(16)14-10(2)15-9-17-14/h4-7,9,13,16H,3,8H2,1-2H3. The molecule has 0 saturated carbocycles. The van der Waals surface area contributed by atoms with Crippen molar-refractivity contribution in [1.82, 2.24) is 4.98 Å². The zero-order chi connectivity index (χ0) is 12.3. The van der Waals surface area contributed by atoms with Crippen molar-refractivity contribution in [2.24, 2.45) is 0 Å². The van der Waals surface area contributed by atoms with Gasteiger partial charge in [-0.1, -0.05) is 31.2 Å². The molecule has 1 aromatic carbocycles. The number of nitrogens with zero attached hydrogens (tertiary/aromatic N) is 1. The van der Waals surface area contributed by atoms with Crippen LogP contribution in [0.1, 0.15) is 34.7 Å². The van der Waals surface area contributed by atoms with Crippen LogP contribution in [0.25, 0.3) is 0 Å². The highest BCUT2D eigenvalue weighted by Gasteiger charge is 2.13. The molecule has 0 saturated heterocycles. The first-order chi connectivity index (χ1) is 8.20. The lowest BCUT2D eigenvalue weighted by molar-refractivity contribution is 0.181. The van der Waals surface area contributed by atoms with Crippen molar-refractivity contribution in [2.45, 2.75) is 32.8 Å². The lowest BCUT2D eigenvalue weighted by Gasteiger charge is -2.09. The average molecular weight is 247 g/mol. The summed E-state index contributed by atoms with van der Waals surface area (Å²) in [5.74, 6) is 0. The first-order valence-electron chi connectivity index (χ1n) is 5.86. The van der Waals surface area contributed by atoms with Gasteiger partial charge in [-0.25, -0.2) is 4.98 Å². The van der Waals surface area contributed by atoms with Crippen LogP contribution in [-0.2, 0) is 12.8 Å². The monoisotopic (exact) mass is 247 g/mol. The Hall–Kier alpha value is -1.19. The van der Waals surface area contributed by atoms with Gasteiger partial charge in [-0.3, -0.25) is 0 Å². The molecule has 2 rings (SSSR count). The molecule has 0 aliphatic rings. The summed E-state index contributed by atoms with van der Waals surface area (Å²) in [5.41, 5.74) is 5.22. The minimum Gasteiger partial charge on any atom is -0.387 e. The van der Waals surface area contributed by atoms with Crippen molar-refractivity contribution in [2.75, 3.05) is 0 Å². The maximum atomic E-state index is 10.1. The molecule has 0 bridgehead atoms. The average Bonchev–Trinajstić information content (AvgIpc) is 2.76. The third-order valence-electron chi connectivity index (χ3n) is 2.95. The summed E-state index contributed by atoms with van der Waals surface area (Å²) in [6, 6.07) is 8.44. The second-order valence-electron chi connectivity index (χ2n) is 4.19. The van der Waals surface area contributed by atoms with Crippen LogP contribution in [0.3, 0.4) is 0 Å². The number of aliphatic hydroxyl groups is 1. The van der Waals surface area contributed by atoms with Crippen LogP contribution in [0.15, 0.2) is 29.8 Å². The van der Waals surface area contributed by atoms with Crippen LogP contribution in [-0.4, -0.2) is 10.1 Å². The van der Waals surface area contributed by atoms with E-state index in [1.165, 1.54) is 22.5 Å². The van der Waals surface area contributed by atoms with Gasteiger partial charge >= 0.3 is 0 Å². The minimum absolute atomic E-state index is 0.435. The molecule has 90 valence electrons. The third-order valence-corrected chi connectivity index (χ3v) is 3.98. The van der Waals surface area contributed by atoms with Gasteiger partial charge in [0, 0.05) is 6.42 Å². The van der Waals surface area contributed by atoms with E-state index < -0.39 is 6.10 Å². The molecule has 0 aliphatic heterocycles. The van der Waals surface area contributed by atoms with Gasteiger partial charge in [0.15, 0.2) is 0 Å². The predicted octanol–water partition coefficient (Wildman–Crippen LogP) is 3.29. The molecule has 1 heterocycles. The van der Waals surface area contributed by atoms with E-state index in [9.17, 15) is 5.11 Å². The highest BCUT2D eigenvalue weighted by atomic mass is 32.1. The Morgan fingerprint density at radius 1 is 1.24 bits per heavy atom. The fraction of sp³-hybridized carbons (Fsp3) is 0.357. The summed E-state index contributed by atoms with van der Waals surface area (Å²) in [6.45, 7) is 4.08. The molecule has 0 aliphatic carbocycles. The Balaban J connectivity index is 2.07.